The summed E-state index contributed by atoms with van der Waals surface area (Å²) in [4.78, 5) is 13.7. The van der Waals surface area contributed by atoms with Crippen LogP contribution in [-0.4, -0.2) is 63.2 Å². The van der Waals surface area contributed by atoms with Crippen molar-refractivity contribution >= 4 is 17.4 Å². The normalized spacial score (nSPS) is 15.1. The highest BCUT2D eigenvalue weighted by Crippen LogP contribution is 2.15. The summed E-state index contributed by atoms with van der Waals surface area (Å²) in [7, 11) is 0. The minimum absolute atomic E-state index is 0.0671. The first-order valence-electron chi connectivity index (χ1n) is 7.81. The number of nitrogens with one attached hydrogen (secondary N) is 2. The van der Waals surface area contributed by atoms with E-state index >= 15 is 0 Å². The number of carbonyl (C=O) groups excluding carboxylic acids is 1. The lowest BCUT2D eigenvalue weighted by Gasteiger charge is -2.23. The Morgan fingerprint density at radius 3 is 2.76 bits per heavy atom. The first kappa shape index (κ1) is 17.0. The van der Waals surface area contributed by atoms with Crippen LogP contribution in [0.25, 0.3) is 5.82 Å². The monoisotopic (exact) mass is 350 g/mol. The van der Waals surface area contributed by atoms with Crippen LogP contribution in [0.15, 0.2) is 9.73 Å². The van der Waals surface area contributed by atoms with Crippen LogP contribution in [0.5, 0.6) is 0 Å². The van der Waals surface area contributed by atoms with Crippen LogP contribution in [0.3, 0.4) is 0 Å². The number of nitrogens with zero attached hydrogens (tertiary/aromatic N) is 6. The molecule has 0 spiro atoms. The fourth-order valence-corrected chi connectivity index (χ4v) is 2.43. The molecule has 1 aliphatic rings. The Hall–Kier alpha value is -2.86. The van der Waals surface area contributed by atoms with Crippen LogP contribution in [-0.2, 0) is 11.3 Å². The average molecular weight is 350 g/mol. The maximum absolute atomic E-state index is 12.4. The average Bonchev–Trinajstić information content (AvgIpc) is 3.19. The zero-order valence-electron chi connectivity index (χ0n) is 14.0. The van der Waals surface area contributed by atoms with Crippen molar-refractivity contribution in [2.24, 2.45) is 5.10 Å². The van der Waals surface area contributed by atoms with E-state index in [1.54, 1.807) is 13.8 Å². The van der Waals surface area contributed by atoms with Crippen molar-refractivity contribution in [1.29, 1.82) is 0 Å². The molecule has 4 N–H and O–H groups in total. The number of ether oxygens (including phenoxy) is 1. The van der Waals surface area contributed by atoms with Gasteiger partial charge in [-0.05, 0) is 24.2 Å². The molecule has 1 fully saturated rings. The Bertz CT molecular complexity index is 772. The number of anilines is 1. The van der Waals surface area contributed by atoms with Gasteiger partial charge in [-0.15, -0.1) is 5.10 Å². The van der Waals surface area contributed by atoms with Crippen molar-refractivity contribution in [3.05, 3.63) is 11.4 Å². The molecule has 0 atom stereocenters. The maximum atomic E-state index is 12.4. The molecule has 0 radical (unpaired) electrons. The zero-order valence-corrected chi connectivity index (χ0v) is 14.0. The number of nitrogens with two attached hydrogens (primary N) is 1. The van der Waals surface area contributed by atoms with Crippen molar-refractivity contribution in [1.82, 2.24) is 30.7 Å². The third-order valence-electron chi connectivity index (χ3n) is 3.67. The Balaban J connectivity index is 1.94. The third kappa shape index (κ3) is 3.80. The quantitative estimate of drug-likeness (QED) is 0.405. The molecule has 1 aliphatic heterocycles. The van der Waals surface area contributed by atoms with Crippen molar-refractivity contribution < 1.29 is 19.1 Å². The van der Waals surface area contributed by atoms with Crippen LogP contribution in [0, 0.1) is 0 Å². The molecule has 1 saturated heterocycles. The highest BCUT2D eigenvalue weighted by molar-refractivity contribution is 5.94. The summed E-state index contributed by atoms with van der Waals surface area (Å²) in [6, 6.07) is 0. The topological polar surface area (TPSA) is 151 Å². The Morgan fingerprint density at radius 2 is 2.12 bits per heavy atom. The largest absolute Gasteiger partial charge is 0.378 e. The number of quaternary nitrogens is 1. The van der Waals surface area contributed by atoms with Crippen LogP contribution >= 0.6 is 0 Å². The lowest BCUT2D eigenvalue weighted by atomic mass is 10.2. The fraction of sp³-hybridized carbons (Fsp3) is 0.538. The van der Waals surface area contributed by atoms with E-state index in [9.17, 15) is 4.79 Å². The second kappa shape index (κ2) is 7.36. The number of rotatable bonds is 5. The Labute approximate surface area is 142 Å². The fourth-order valence-electron chi connectivity index (χ4n) is 2.43. The molecule has 0 bridgehead atoms. The zero-order chi connectivity index (χ0) is 17.8. The van der Waals surface area contributed by atoms with Crippen LogP contribution < -0.4 is 16.1 Å². The van der Waals surface area contributed by atoms with E-state index in [0.29, 0.717) is 31.2 Å². The van der Waals surface area contributed by atoms with Crippen molar-refractivity contribution in [3.8, 4) is 5.82 Å². The minimum Gasteiger partial charge on any atom is -0.378 e. The van der Waals surface area contributed by atoms with Crippen molar-refractivity contribution in [2.45, 2.75) is 20.4 Å². The van der Waals surface area contributed by atoms with E-state index in [2.05, 4.69) is 35.8 Å². The SMILES string of the molecule is CC(C)=NNC(=O)c1nnn(-c2nonc2N)c1C[NH+]1CCOCC1. The van der Waals surface area contributed by atoms with Gasteiger partial charge in [-0.2, -0.15) is 9.78 Å². The second-order valence-electron chi connectivity index (χ2n) is 5.81. The molecular weight excluding hydrogens is 330 g/mol. The molecule has 12 nitrogen and oxygen atoms in total. The summed E-state index contributed by atoms with van der Waals surface area (Å²) in [5.41, 5.74) is 9.64. The molecule has 0 saturated carbocycles. The molecule has 2 aromatic heterocycles. The highest BCUT2D eigenvalue weighted by atomic mass is 16.6. The smallest absolute Gasteiger partial charge is 0.294 e. The molecular formula is C13H20N9O3+. The maximum Gasteiger partial charge on any atom is 0.294 e. The highest BCUT2D eigenvalue weighted by Gasteiger charge is 2.28. The number of carbonyl (C=O) groups is 1. The van der Waals surface area contributed by atoms with Crippen molar-refractivity contribution in [2.75, 3.05) is 32.0 Å². The number of hydrogen-bond acceptors (Lipinski definition) is 9. The van der Waals surface area contributed by atoms with Gasteiger partial charge >= 0.3 is 0 Å². The van der Waals surface area contributed by atoms with Gasteiger partial charge in [0.2, 0.25) is 11.6 Å². The molecule has 0 aromatic carbocycles. The lowest BCUT2D eigenvalue weighted by molar-refractivity contribution is -0.921. The van der Waals surface area contributed by atoms with Gasteiger partial charge in [0, 0.05) is 5.71 Å². The molecule has 0 aliphatic carbocycles. The standard InChI is InChI=1S/C13H19N9O3/c1-8(2)15-17-13(23)10-9(7-21-3-5-24-6-4-21)22(20-16-10)12-11(14)18-25-19-12/h3-7H2,1-2H3,(H2,14,18)(H,17,23)/p+1. The van der Waals surface area contributed by atoms with Gasteiger partial charge in [0.15, 0.2) is 5.69 Å². The summed E-state index contributed by atoms with van der Waals surface area (Å²) in [6.45, 7) is 6.99. The van der Waals surface area contributed by atoms with Crippen LogP contribution in [0.1, 0.15) is 30.0 Å². The van der Waals surface area contributed by atoms with E-state index in [1.807, 2.05) is 0 Å². The molecule has 134 valence electrons. The lowest BCUT2D eigenvalue weighted by Crippen LogP contribution is -3.12. The van der Waals surface area contributed by atoms with E-state index in [1.165, 1.54) is 9.58 Å². The van der Waals surface area contributed by atoms with Gasteiger partial charge in [-0.3, -0.25) is 4.79 Å². The molecule has 25 heavy (non-hydrogen) atoms. The first-order valence-corrected chi connectivity index (χ1v) is 7.81. The number of hydrogen-bond donors (Lipinski definition) is 3. The predicted molar refractivity (Wildman–Crippen MR) is 85.1 cm³/mol. The summed E-state index contributed by atoms with van der Waals surface area (Å²) in [6.07, 6.45) is 0. The molecule has 1 amide bonds. The number of amides is 1. The van der Waals surface area contributed by atoms with E-state index in [4.69, 9.17) is 10.5 Å². The molecule has 12 heteroatoms. The number of hydrazone groups is 1. The van der Waals surface area contributed by atoms with Gasteiger partial charge in [0.1, 0.15) is 25.3 Å². The number of morpholine rings is 1. The van der Waals surface area contributed by atoms with E-state index < -0.39 is 5.91 Å². The predicted octanol–water partition coefficient (Wildman–Crippen LogP) is -2.23. The van der Waals surface area contributed by atoms with Gasteiger partial charge < -0.3 is 15.4 Å². The number of aromatic nitrogens is 5. The molecule has 3 heterocycles. The van der Waals surface area contributed by atoms with Crippen LogP contribution in [0.4, 0.5) is 5.82 Å². The van der Waals surface area contributed by atoms with Gasteiger partial charge in [-0.1, -0.05) is 5.21 Å². The van der Waals surface area contributed by atoms with E-state index in [-0.39, 0.29) is 17.3 Å². The molecule has 3 rings (SSSR count). The Kier molecular flexibility index (Phi) is 5.00. The second-order valence-corrected chi connectivity index (χ2v) is 5.81. The molecule has 2 aromatic rings. The minimum atomic E-state index is -0.454. The summed E-state index contributed by atoms with van der Waals surface area (Å²) in [5, 5.41) is 19.2. The summed E-state index contributed by atoms with van der Waals surface area (Å²) < 4.78 is 11.4. The van der Waals surface area contributed by atoms with E-state index in [0.717, 1.165) is 13.1 Å². The third-order valence-corrected chi connectivity index (χ3v) is 3.67. The van der Waals surface area contributed by atoms with Crippen molar-refractivity contribution in [3.63, 3.8) is 0 Å². The van der Waals surface area contributed by atoms with Crippen LogP contribution in [0.2, 0.25) is 0 Å². The van der Waals surface area contributed by atoms with Gasteiger partial charge in [0.05, 0.1) is 13.2 Å². The molecule has 0 unspecified atom stereocenters. The summed E-state index contributed by atoms with van der Waals surface area (Å²) in [5.74, 6) is -0.188. The Morgan fingerprint density at radius 1 is 1.36 bits per heavy atom. The van der Waals surface area contributed by atoms with Gasteiger partial charge in [-0.25, -0.2) is 10.1 Å². The summed E-state index contributed by atoms with van der Waals surface area (Å²) >= 11 is 0. The number of nitrogen functional groups attached to an aromatic ring is 1. The van der Waals surface area contributed by atoms with Gasteiger partial charge in [0.25, 0.3) is 5.91 Å². The first-order chi connectivity index (χ1) is 12.1.